The largest absolute Gasteiger partial charge is 0.387 e. The number of hydrogen-bond acceptors (Lipinski definition) is 5. The number of rotatable bonds is 2. The highest BCUT2D eigenvalue weighted by atomic mass is 79.9. The van der Waals surface area contributed by atoms with Gasteiger partial charge in [0.15, 0.2) is 6.20 Å². The summed E-state index contributed by atoms with van der Waals surface area (Å²) in [7, 11) is 0. The SMILES string of the molecule is CC1(C#N)CN(c2cc(Br)cnc2[N+](=O)[O-])C1. The topological polar surface area (TPSA) is 83.1 Å². The highest BCUT2D eigenvalue weighted by molar-refractivity contribution is 9.10. The quantitative estimate of drug-likeness (QED) is 0.616. The number of nitrogens with zero attached hydrogens (tertiary/aromatic N) is 4. The lowest BCUT2D eigenvalue weighted by Crippen LogP contribution is -2.54. The van der Waals surface area contributed by atoms with E-state index in [2.05, 4.69) is 27.0 Å². The van der Waals surface area contributed by atoms with E-state index in [0.717, 1.165) is 0 Å². The van der Waals surface area contributed by atoms with Crippen molar-refractivity contribution in [3.63, 3.8) is 0 Å². The number of pyridine rings is 1. The van der Waals surface area contributed by atoms with E-state index in [4.69, 9.17) is 5.26 Å². The van der Waals surface area contributed by atoms with E-state index >= 15 is 0 Å². The van der Waals surface area contributed by atoms with Crippen molar-refractivity contribution in [3.8, 4) is 6.07 Å². The molecule has 0 aliphatic carbocycles. The molecule has 1 aromatic rings. The molecular formula is C10H9BrN4O2. The highest BCUT2D eigenvalue weighted by Gasteiger charge is 2.41. The molecule has 0 atom stereocenters. The molecule has 0 spiro atoms. The molecular weight excluding hydrogens is 288 g/mol. The van der Waals surface area contributed by atoms with Gasteiger partial charge in [0.2, 0.25) is 0 Å². The van der Waals surface area contributed by atoms with Gasteiger partial charge in [-0.2, -0.15) is 5.26 Å². The lowest BCUT2D eigenvalue weighted by molar-refractivity contribution is -0.388. The molecule has 1 saturated heterocycles. The second-order valence-electron chi connectivity index (χ2n) is 4.28. The van der Waals surface area contributed by atoms with Gasteiger partial charge in [-0.1, -0.05) is 0 Å². The molecule has 0 N–H and O–H groups in total. The Balaban J connectivity index is 2.31. The second-order valence-corrected chi connectivity index (χ2v) is 5.20. The van der Waals surface area contributed by atoms with Crippen molar-refractivity contribution in [1.29, 1.82) is 5.26 Å². The average Bonchev–Trinajstić information content (AvgIpc) is 2.24. The van der Waals surface area contributed by atoms with Crippen LogP contribution in [0.5, 0.6) is 0 Å². The zero-order valence-corrected chi connectivity index (χ0v) is 10.6. The maximum atomic E-state index is 10.8. The second kappa shape index (κ2) is 3.96. The first-order valence-corrected chi connectivity index (χ1v) is 5.71. The normalized spacial score (nSPS) is 17.1. The van der Waals surface area contributed by atoms with Gasteiger partial charge in [0.25, 0.3) is 0 Å². The van der Waals surface area contributed by atoms with Gasteiger partial charge in [-0.15, -0.1) is 0 Å². The Morgan fingerprint density at radius 1 is 1.71 bits per heavy atom. The summed E-state index contributed by atoms with van der Waals surface area (Å²) in [6, 6.07) is 3.85. The molecule has 0 bridgehead atoms. The van der Waals surface area contributed by atoms with Crippen LogP contribution in [0.1, 0.15) is 6.92 Å². The molecule has 7 heteroatoms. The molecule has 0 saturated carbocycles. The number of aromatic nitrogens is 1. The van der Waals surface area contributed by atoms with Crippen LogP contribution in [0.2, 0.25) is 0 Å². The van der Waals surface area contributed by atoms with Crippen LogP contribution in [0.15, 0.2) is 16.7 Å². The van der Waals surface area contributed by atoms with Crippen LogP contribution < -0.4 is 4.90 Å². The smallest absolute Gasteiger partial charge is 0.361 e. The average molecular weight is 297 g/mol. The maximum Gasteiger partial charge on any atom is 0.387 e. The third kappa shape index (κ3) is 2.08. The Hall–Kier alpha value is -1.68. The minimum absolute atomic E-state index is 0.173. The van der Waals surface area contributed by atoms with E-state index in [1.165, 1.54) is 6.20 Å². The molecule has 1 aliphatic rings. The lowest BCUT2D eigenvalue weighted by atomic mass is 9.83. The standard InChI is InChI=1S/C10H9BrN4O2/c1-10(4-12)5-14(6-10)8-2-7(11)3-13-9(8)15(16)17/h2-3H,5-6H2,1H3. The Kier molecular flexibility index (Phi) is 2.75. The van der Waals surface area contributed by atoms with E-state index in [1.54, 1.807) is 11.0 Å². The first kappa shape index (κ1) is 11.8. The Labute approximate surface area is 106 Å². The van der Waals surface area contributed by atoms with Crippen molar-refractivity contribution >= 4 is 27.4 Å². The molecule has 1 fully saturated rings. The molecule has 88 valence electrons. The van der Waals surface area contributed by atoms with Gasteiger partial charge in [-0.3, -0.25) is 0 Å². The van der Waals surface area contributed by atoms with Crippen molar-refractivity contribution in [1.82, 2.24) is 4.98 Å². The molecule has 2 heterocycles. The van der Waals surface area contributed by atoms with Crippen molar-refractivity contribution < 1.29 is 4.92 Å². The molecule has 0 unspecified atom stereocenters. The Bertz CT molecular complexity index is 520. The maximum absolute atomic E-state index is 10.8. The van der Waals surface area contributed by atoms with E-state index in [-0.39, 0.29) is 5.82 Å². The fourth-order valence-electron chi connectivity index (χ4n) is 1.83. The van der Waals surface area contributed by atoms with Crippen LogP contribution in [0.4, 0.5) is 11.5 Å². The zero-order chi connectivity index (χ0) is 12.6. The Morgan fingerprint density at radius 3 is 2.88 bits per heavy atom. The first-order valence-electron chi connectivity index (χ1n) is 4.91. The third-order valence-corrected chi connectivity index (χ3v) is 3.11. The van der Waals surface area contributed by atoms with Gasteiger partial charge >= 0.3 is 5.82 Å². The summed E-state index contributed by atoms with van der Waals surface area (Å²) in [6.45, 7) is 2.81. The predicted molar refractivity (Wildman–Crippen MR) is 64.5 cm³/mol. The van der Waals surface area contributed by atoms with Crippen LogP contribution >= 0.6 is 15.9 Å². The number of nitriles is 1. The number of hydrogen-bond donors (Lipinski definition) is 0. The van der Waals surface area contributed by atoms with Crippen molar-refractivity contribution in [3.05, 3.63) is 26.9 Å². The van der Waals surface area contributed by atoms with E-state index < -0.39 is 10.3 Å². The van der Waals surface area contributed by atoms with E-state index in [1.807, 2.05) is 6.92 Å². The molecule has 2 rings (SSSR count). The van der Waals surface area contributed by atoms with Gasteiger partial charge in [-0.25, -0.2) is 0 Å². The Morgan fingerprint density at radius 2 is 2.35 bits per heavy atom. The van der Waals surface area contributed by atoms with E-state index in [9.17, 15) is 10.1 Å². The van der Waals surface area contributed by atoms with Gasteiger partial charge < -0.3 is 15.0 Å². The summed E-state index contributed by atoms with van der Waals surface area (Å²) in [5.74, 6) is -0.173. The molecule has 1 aliphatic heterocycles. The number of nitro groups is 1. The van der Waals surface area contributed by atoms with Crippen LogP contribution in [0, 0.1) is 26.9 Å². The highest BCUT2D eigenvalue weighted by Crippen LogP contribution is 2.38. The number of halogens is 1. The van der Waals surface area contributed by atoms with E-state index in [0.29, 0.717) is 23.2 Å². The molecule has 0 aromatic carbocycles. The fourth-order valence-corrected chi connectivity index (χ4v) is 2.15. The van der Waals surface area contributed by atoms with Crippen molar-refractivity contribution in [2.45, 2.75) is 6.92 Å². The first-order chi connectivity index (χ1) is 7.95. The summed E-state index contributed by atoms with van der Waals surface area (Å²) in [5.41, 5.74) is 0.0352. The third-order valence-electron chi connectivity index (χ3n) is 2.68. The van der Waals surface area contributed by atoms with Gasteiger partial charge in [-0.05, 0) is 38.8 Å². The lowest BCUT2D eigenvalue weighted by Gasteiger charge is -2.44. The zero-order valence-electron chi connectivity index (χ0n) is 9.05. The van der Waals surface area contributed by atoms with Gasteiger partial charge in [0.1, 0.15) is 5.69 Å². The summed E-state index contributed by atoms with van der Waals surface area (Å²) in [4.78, 5) is 15.9. The van der Waals surface area contributed by atoms with Gasteiger partial charge in [0.05, 0.1) is 16.0 Å². The predicted octanol–water partition coefficient (Wildman–Crippen LogP) is 2.10. The molecule has 1 aromatic heterocycles. The minimum atomic E-state index is -0.510. The summed E-state index contributed by atoms with van der Waals surface area (Å²) in [6.07, 6.45) is 1.39. The van der Waals surface area contributed by atoms with Crippen LogP contribution in [-0.4, -0.2) is 23.0 Å². The summed E-state index contributed by atoms with van der Waals surface area (Å²) >= 11 is 3.24. The van der Waals surface area contributed by atoms with Crippen molar-refractivity contribution in [2.75, 3.05) is 18.0 Å². The van der Waals surface area contributed by atoms with Crippen LogP contribution in [0.3, 0.4) is 0 Å². The monoisotopic (exact) mass is 296 g/mol. The summed E-state index contributed by atoms with van der Waals surface area (Å²) < 4.78 is 0.684. The minimum Gasteiger partial charge on any atom is -0.361 e. The number of anilines is 1. The van der Waals surface area contributed by atoms with Crippen LogP contribution in [-0.2, 0) is 0 Å². The fraction of sp³-hybridized carbons (Fsp3) is 0.400. The van der Waals surface area contributed by atoms with Crippen molar-refractivity contribution in [2.24, 2.45) is 5.41 Å². The molecule has 0 amide bonds. The molecule has 6 nitrogen and oxygen atoms in total. The van der Waals surface area contributed by atoms with Gasteiger partial charge in [0, 0.05) is 13.1 Å². The van der Waals surface area contributed by atoms with Crippen LogP contribution in [0.25, 0.3) is 0 Å². The molecule has 0 radical (unpaired) electrons. The molecule has 17 heavy (non-hydrogen) atoms. The summed E-state index contributed by atoms with van der Waals surface area (Å²) in [5, 5.41) is 19.8.